The molecule has 1 N–H and O–H groups in total. The first-order valence-corrected chi connectivity index (χ1v) is 9.68. The van der Waals surface area contributed by atoms with Gasteiger partial charge < -0.3 is 14.6 Å². The molecule has 0 saturated carbocycles. The Morgan fingerprint density at radius 2 is 0.909 bits per heavy atom. The normalized spacial score (nSPS) is 11.2. The smallest absolute Gasteiger partial charge is 0.0700 e. The zero-order valence-corrected chi connectivity index (χ0v) is 15.0. The van der Waals surface area contributed by atoms with Crippen molar-refractivity contribution in [3.05, 3.63) is 0 Å². The fraction of sp³-hybridized carbons (Fsp3) is 1.00. The molecule has 0 aliphatic carbocycles. The predicted octanol–water partition coefficient (Wildman–Crippen LogP) is 5.10. The summed E-state index contributed by atoms with van der Waals surface area (Å²) >= 11 is 0. The third-order valence-corrected chi connectivity index (χ3v) is 3.96. The van der Waals surface area contributed by atoms with Crippen LogP contribution in [0.25, 0.3) is 0 Å². The Kier molecular flexibility index (Phi) is 20.8. The van der Waals surface area contributed by atoms with Gasteiger partial charge in [0.25, 0.3) is 0 Å². The van der Waals surface area contributed by atoms with Crippen molar-refractivity contribution in [3.63, 3.8) is 0 Å². The fourth-order valence-corrected chi connectivity index (χ4v) is 2.51. The van der Waals surface area contributed by atoms with E-state index in [9.17, 15) is 0 Å². The molecule has 134 valence electrons. The molecular weight excluding hydrogens is 276 g/mol. The molecule has 0 bridgehead atoms. The van der Waals surface area contributed by atoms with E-state index >= 15 is 0 Å². The minimum atomic E-state index is 0.335. The third kappa shape index (κ3) is 19.9. The van der Waals surface area contributed by atoms with Gasteiger partial charge in [-0.25, -0.2) is 0 Å². The summed E-state index contributed by atoms with van der Waals surface area (Å²) in [6.07, 6.45) is 16.4. The van der Waals surface area contributed by atoms with Crippen molar-refractivity contribution in [2.45, 2.75) is 90.4 Å². The summed E-state index contributed by atoms with van der Waals surface area (Å²) in [5, 5.41) is 8.67. The maximum absolute atomic E-state index is 8.67. The monoisotopic (exact) mass is 316 g/mol. The number of unbranched alkanes of at least 4 members (excludes halogenated alkanes) is 11. The Balaban J connectivity index is 2.91. The molecule has 3 nitrogen and oxygen atoms in total. The Morgan fingerprint density at radius 1 is 0.500 bits per heavy atom. The molecule has 0 radical (unpaired) electrons. The summed E-state index contributed by atoms with van der Waals surface area (Å²) in [5.74, 6) is 0. The van der Waals surface area contributed by atoms with Crippen LogP contribution in [0.4, 0.5) is 0 Å². The molecule has 0 amide bonds. The Morgan fingerprint density at radius 3 is 1.36 bits per heavy atom. The van der Waals surface area contributed by atoms with Crippen LogP contribution in [0, 0.1) is 0 Å². The summed E-state index contributed by atoms with van der Waals surface area (Å²) in [7, 11) is 0. The van der Waals surface area contributed by atoms with Crippen molar-refractivity contribution in [3.8, 4) is 0 Å². The van der Waals surface area contributed by atoms with Gasteiger partial charge in [0.2, 0.25) is 0 Å². The van der Waals surface area contributed by atoms with Gasteiger partial charge in [-0.05, 0) is 19.3 Å². The summed E-state index contributed by atoms with van der Waals surface area (Å²) in [6, 6.07) is 0. The molecule has 0 aromatic carbocycles. The molecule has 0 heterocycles. The Labute approximate surface area is 138 Å². The summed E-state index contributed by atoms with van der Waals surface area (Å²) in [6.45, 7) is 5.83. The van der Waals surface area contributed by atoms with E-state index in [0.717, 1.165) is 45.7 Å². The summed E-state index contributed by atoms with van der Waals surface area (Å²) in [5.41, 5.74) is 0. The lowest BCUT2D eigenvalue weighted by atomic mass is 10.1. The second-order valence-electron chi connectivity index (χ2n) is 6.19. The van der Waals surface area contributed by atoms with E-state index < -0.39 is 0 Å². The van der Waals surface area contributed by atoms with E-state index in [1.54, 1.807) is 0 Å². The highest BCUT2D eigenvalue weighted by atomic mass is 16.5. The lowest BCUT2D eigenvalue weighted by molar-refractivity contribution is 0.0448. The second-order valence-corrected chi connectivity index (χ2v) is 6.19. The first-order chi connectivity index (χ1) is 10.9. The molecule has 0 spiro atoms. The van der Waals surface area contributed by atoms with Crippen molar-refractivity contribution < 1.29 is 14.6 Å². The van der Waals surface area contributed by atoms with Crippen molar-refractivity contribution in [2.75, 3.05) is 33.0 Å². The van der Waals surface area contributed by atoms with Crippen molar-refractivity contribution in [2.24, 2.45) is 0 Å². The van der Waals surface area contributed by atoms with Crippen LogP contribution in [0.2, 0.25) is 0 Å². The molecule has 3 heteroatoms. The second kappa shape index (κ2) is 20.9. The standard InChI is InChI=1S/C19H40O3/c1-2-3-4-5-7-10-13-16-21-18-19-22-17-14-11-8-6-9-12-15-20/h20H,2-19H2,1H3. The molecular formula is C19H40O3. The molecule has 0 saturated heterocycles. The van der Waals surface area contributed by atoms with Crippen molar-refractivity contribution >= 4 is 0 Å². The molecule has 0 unspecified atom stereocenters. The van der Waals surface area contributed by atoms with Gasteiger partial charge in [0.15, 0.2) is 0 Å². The van der Waals surface area contributed by atoms with Gasteiger partial charge in [0.05, 0.1) is 13.2 Å². The highest BCUT2D eigenvalue weighted by Crippen LogP contribution is 2.07. The predicted molar refractivity (Wildman–Crippen MR) is 94.4 cm³/mol. The zero-order valence-electron chi connectivity index (χ0n) is 15.0. The molecule has 0 fully saturated rings. The minimum Gasteiger partial charge on any atom is -0.396 e. The molecule has 0 rings (SSSR count). The zero-order chi connectivity index (χ0) is 16.1. The average Bonchev–Trinajstić information content (AvgIpc) is 2.54. The first kappa shape index (κ1) is 21.9. The Bertz CT molecular complexity index is 166. The van der Waals surface area contributed by atoms with Crippen molar-refractivity contribution in [1.82, 2.24) is 0 Å². The molecule has 0 aromatic heterocycles. The van der Waals surface area contributed by atoms with Crippen LogP contribution in [-0.2, 0) is 9.47 Å². The van der Waals surface area contributed by atoms with Crippen LogP contribution in [0.3, 0.4) is 0 Å². The number of hydrogen-bond acceptors (Lipinski definition) is 3. The molecule has 0 aromatic rings. The maximum Gasteiger partial charge on any atom is 0.0700 e. The van der Waals surface area contributed by atoms with Crippen LogP contribution in [0.15, 0.2) is 0 Å². The van der Waals surface area contributed by atoms with Gasteiger partial charge in [-0.3, -0.25) is 0 Å². The maximum atomic E-state index is 8.67. The van der Waals surface area contributed by atoms with Crippen LogP contribution in [-0.4, -0.2) is 38.1 Å². The Hall–Kier alpha value is -0.120. The van der Waals surface area contributed by atoms with E-state index in [2.05, 4.69) is 6.92 Å². The van der Waals surface area contributed by atoms with Gasteiger partial charge in [0, 0.05) is 19.8 Å². The first-order valence-electron chi connectivity index (χ1n) is 9.68. The molecule has 22 heavy (non-hydrogen) atoms. The van der Waals surface area contributed by atoms with Crippen molar-refractivity contribution in [1.29, 1.82) is 0 Å². The lowest BCUT2D eigenvalue weighted by Crippen LogP contribution is -2.06. The van der Waals surface area contributed by atoms with Gasteiger partial charge in [-0.1, -0.05) is 71.1 Å². The minimum absolute atomic E-state index is 0.335. The fourth-order valence-electron chi connectivity index (χ4n) is 2.51. The third-order valence-electron chi connectivity index (χ3n) is 3.96. The number of aliphatic hydroxyl groups excluding tert-OH is 1. The van der Waals surface area contributed by atoms with E-state index in [1.165, 1.54) is 64.2 Å². The largest absolute Gasteiger partial charge is 0.396 e. The highest BCUT2D eigenvalue weighted by molar-refractivity contribution is 4.46. The number of ether oxygens (including phenoxy) is 2. The van der Waals surface area contributed by atoms with Crippen LogP contribution in [0.5, 0.6) is 0 Å². The van der Waals surface area contributed by atoms with E-state index in [0.29, 0.717) is 6.61 Å². The quantitative estimate of drug-likeness (QED) is 0.337. The van der Waals surface area contributed by atoms with Crippen LogP contribution in [0.1, 0.15) is 90.4 Å². The topological polar surface area (TPSA) is 38.7 Å². The van der Waals surface area contributed by atoms with E-state index in [-0.39, 0.29) is 0 Å². The van der Waals surface area contributed by atoms with Gasteiger partial charge in [0.1, 0.15) is 0 Å². The molecule has 0 atom stereocenters. The molecule has 0 aliphatic heterocycles. The van der Waals surface area contributed by atoms with Gasteiger partial charge in [-0.2, -0.15) is 0 Å². The van der Waals surface area contributed by atoms with E-state index in [1.807, 2.05) is 0 Å². The average molecular weight is 317 g/mol. The summed E-state index contributed by atoms with van der Waals surface area (Å²) < 4.78 is 11.2. The SMILES string of the molecule is CCCCCCCCCOCCOCCCCCCCCO. The number of aliphatic hydroxyl groups is 1. The van der Waals surface area contributed by atoms with E-state index in [4.69, 9.17) is 14.6 Å². The number of rotatable bonds is 19. The van der Waals surface area contributed by atoms with Crippen LogP contribution >= 0.6 is 0 Å². The van der Waals surface area contributed by atoms with Crippen LogP contribution < -0.4 is 0 Å². The molecule has 0 aliphatic rings. The lowest BCUT2D eigenvalue weighted by Gasteiger charge is -2.06. The van der Waals surface area contributed by atoms with Gasteiger partial charge in [-0.15, -0.1) is 0 Å². The number of hydrogen-bond donors (Lipinski definition) is 1. The van der Waals surface area contributed by atoms with Gasteiger partial charge >= 0.3 is 0 Å². The summed E-state index contributed by atoms with van der Waals surface area (Å²) in [4.78, 5) is 0. The highest BCUT2D eigenvalue weighted by Gasteiger charge is 1.94.